The first kappa shape index (κ1) is 27.0. The summed E-state index contributed by atoms with van der Waals surface area (Å²) in [6.07, 6.45) is -1.39. The molecule has 36 heavy (non-hydrogen) atoms. The molecular weight excluding hydrogens is 465 g/mol. The minimum absolute atomic E-state index is 0.0322. The summed E-state index contributed by atoms with van der Waals surface area (Å²) in [7, 11) is 0. The molecule has 4 N–H and O–H groups in total. The number of nitrogens with zero attached hydrogens (tertiary/aromatic N) is 1. The van der Waals surface area contributed by atoms with Gasteiger partial charge in [0.2, 0.25) is 0 Å². The molecule has 0 saturated heterocycles. The molecule has 0 bridgehead atoms. The number of halogens is 1. The van der Waals surface area contributed by atoms with Crippen molar-refractivity contribution >= 4 is 23.4 Å². The number of phenols is 1. The highest BCUT2D eigenvalue weighted by atomic mass is 19.1. The maximum atomic E-state index is 15.3. The number of carbonyl (C=O) groups excluding carboxylic acids is 1. The Balaban J connectivity index is 1.98. The second kappa shape index (κ2) is 9.44. The Morgan fingerprint density at radius 3 is 2.14 bits per heavy atom. The fraction of sp³-hybridized carbons (Fsp3) is 0.444. The molecule has 1 aliphatic heterocycles. The zero-order chi connectivity index (χ0) is 27.2. The summed E-state index contributed by atoms with van der Waals surface area (Å²) < 4.78 is 20.6. The van der Waals surface area contributed by atoms with Crippen molar-refractivity contribution < 1.29 is 28.9 Å². The zero-order valence-corrected chi connectivity index (χ0v) is 21.8. The van der Waals surface area contributed by atoms with Crippen LogP contribution in [0.1, 0.15) is 81.1 Å². The number of rotatable bonds is 6. The number of ether oxygens (including phenoxy) is 1. The van der Waals surface area contributed by atoms with Crippen LogP contribution in [-0.2, 0) is 17.4 Å². The molecule has 9 heteroatoms. The van der Waals surface area contributed by atoms with E-state index in [2.05, 4.69) is 5.32 Å². The van der Waals surface area contributed by atoms with E-state index in [9.17, 15) is 14.7 Å². The predicted molar refractivity (Wildman–Crippen MR) is 136 cm³/mol. The first-order valence-corrected chi connectivity index (χ1v) is 11.8. The van der Waals surface area contributed by atoms with Crippen molar-refractivity contribution in [1.82, 2.24) is 4.90 Å². The smallest absolute Gasteiger partial charge is 0.409 e. The van der Waals surface area contributed by atoms with Crippen LogP contribution in [0.15, 0.2) is 18.2 Å². The van der Waals surface area contributed by atoms with Gasteiger partial charge in [0.25, 0.3) is 0 Å². The monoisotopic (exact) mass is 499 g/mol. The number of amides is 1. The summed E-state index contributed by atoms with van der Waals surface area (Å²) in [5.41, 5.74) is 1.14. The largest absolute Gasteiger partial charge is 0.507 e. The van der Waals surface area contributed by atoms with Crippen LogP contribution < -0.4 is 10.1 Å². The second-order valence-electron chi connectivity index (χ2n) is 11.0. The number of Topliss-reactive ketones (excluding diaryl/α,β-unsaturated/α-hetero) is 1. The quantitative estimate of drug-likeness (QED) is 0.382. The summed E-state index contributed by atoms with van der Waals surface area (Å²) in [4.78, 5) is 26.0. The van der Waals surface area contributed by atoms with Crippen molar-refractivity contribution in [1.29, 1.82) is 5.41 Å². The topological polar surface area (TPSA) is 123 Å². The fourth-order valence-corrected chi connectivity index (χ4v) is 4.31. The van der Waals surface area contributed by atoms with Gasteiger partial charge in [-0.05, 0) is 36.0 Å². The summed E-state index contributed by atoms with van der Waals surface area (Å²) in [5.74, 6) is -1.19. The highest BCUT2D eigenvalue weighted by Gasteiger charge is 2.33. The number of carboxylic acid groups (broad SMARTS) is 1. The van der Waals surface area contributed by atoms with Gasteiger partial charge in [0.05, 0.1) is 18.8 Å². The maximum absolute atomic E-state index is 15.3. The molecule has 0 aromatic heterocycles. The Bertz CT molecular complexity index is 1210. The van der Waals surface area contributed by atoms with Gasteiger partial charge in [-0.3, -0.25) is 15.5 Å². The Morgan fingerprint density at radius 2 is 1.67 bits per heavy atom. The summed E-state index contributed by atoms with van der Waals surface area (Å²) in [6.45, 7) is 13.3. The van der Waals surface area contributed by atoms with E-state index in [0.29, 0.717) is 16.7 Å². The molecular formula is C27H34FN3O5. The number of carbonyl (C=O) groups is 2. The average Bonchev–Trinajstić information content (AvgIpc) is 3.04. The van der Waals surface area contributed by atoms with Crippen LogP contribution >= 0.6 is 0 Å². The maximum Gasteiger partial charge on any atom is 0.409 e. The Labute approximate surface area is 210 Å². The van der Waals surface area contributed by atoms with Crippen LogP contribution in [0.5, 0.6) is 11.5 Å². The number of benzene rings is 2. The van der Waals surface area contributed by atoms with E-state index in [1.54, 1.807) is 19.1 Å². The average molecular weight is 500 g/mol. The van der Waals surface area contributed by atoms with Crippen LogP contribution in [0.2, 0.25) is 0 Å². The molecule has 0 atom stereocenters. The molecule has 0 saturated carbocycles. The third kappa shape index (κ3) is 5.15. The zero-order valence-electron chi connectivity index (χ0n) is 21.8. The van der Waals surface area contributed by atoms with Crippen LogP contribution in [0.3, 0.4) is 0 Å². The molecule has 194 valence electrons. The number of fused-ring (bicyclic) bond motifs is 1. The van der Waals surface area contributed by atoms with E-state index in [0.717, 1.165) is 0 Å². The molecule has 1 aliphatic rings. The Kier molecular flexibility index (Phi) is 7.08. The SMILES string of the molecule is CCOc1c(NC(=O)O)cc2c(c1F)CN(CC(=O)c1cc(C(C)(C)C)c(O)c(C(C)(C)C)c1)C2=N. The fourth-order valence-electron chi connectivity index (χ4n) is 4.31. The Hall–Kier alpha value is -3.62. The van der Waals surface area contributed by atoms with Crippen LogP contribution in [0.4, 0.5) is 14.9 Å². The minimum atomic E-state index is -1.39. The molecule has 0 aliphatic carbocycles. The van der Waals surface area contributed by atoms with Gasteiger partial charge < -0.3 is 19.8 Å². The van der Waals surface area contributed by atoms with Gasteiger partial charge in [-0.15, -0.1) is 0 Å². The minimum Gasteiger partial charge on any atom is -0.507 e. The standard InChI is InChI=1S/C27H34FN3O5/c1-8-36-23-19(30-25(34)35)11-15-16(21(23)28)12-31(24(15)29)13-20(32)14-9-17(26(2,3)4)22(33)18(10-14)27(5,6)7/h9-11,29-30,33H,8,12-13H2,1-7H3,(H,34,35). The number of amidine groups is 1. The molecule has 1 heterocycles. The van der Waals surface area contributed by atoms with E-state index in [1.165, 1.54) is 11.0 Å². The third-order valence-electron chi connectivity index (χ3n) is 6.16. The highest BCUT2D eigenvalue weighted by Crippen LogP contribution is 2.41. The van der Waals surface area contributed by atoms with Crippen molar-refractivity contribution in [3.05, 3.63) is 51.8 Å². The molecule has 8 nitrogen and oxygen atoms in total. The number of hydrogen-bond acceptors (Lipinski definition) is 5. The normalized spacial score (nSPS) is 13.6. The number of hydrogen-bond donors (Lipinski definition) is 4. The van der Waals surface area contributed by atoms with Crippen molar-refractivity contribution in [2.24, 2.45) is 0 Å². The summed E-state index contributed by atoms with van der Waals surface area (Å²) >= 11 is 0. The molecule has 3 rings (SSSR count). The first-order valence-electron chi connectivity index (χ1n) is 11.8. The first-order chi connectivity index (χ1) is 16.6. The van der Waals surface area contributed by atoms with Crippen molar-refractivity contribution in [2.75, 3.05) is 18.5 Å². The third-order valence-corrected chi connectivity index (χ3v) is 6.16. The summed E-state index contributed by atoms with van der Waals surface area (Å²) in [6, 6.07) is 4.73. The van der Waals surface area contributed by atoms with Gasteiger partial charge in [0.1, 0.15) is 11.6 Å². The van der Waals surface area contributed by atoms with E-state index in [4.69, 9.17) is 15.3 Å². The molecule has 0 radical (unpaired) electrons. The van der Waals surface area contributed by atoms with Gasteiger partial charge in [-0.25, -0.2) is 9.18 Å². The number of phenolic OH excluding ortho intramolecular Hbond substituents is 1. The number of nitrogens with one attached hydrogen (secondary N) is 2. The van der Waals surface area contributed by atoms with Gasteiger partial charge in [0.15, 0.2) is 17.3 Å². The molecule has 1 amide bonds. The van der Waals surface area contributed by atoms with Crippen molar-refractivity contribution in [3.8, 4) is 11.5 Å². The Morgan fingerprint density at radius 1 is 1.11 bits per heavy atom. The van der Waals surface area contributed by atoms with Crippen LogP contribution in [0.25, 0.3) is 0 Å². The van der Waals surface area contributed by atoms with Gasteiger partial charge >= 0.3 is 6.09 Å². The number of ketones is 1. The molecule has 0 unspecified atom stereocenters. The highest BCUT2D eigenvalue weighted by molar-refractivity contribution is 6.06. The van der Waals surface area contributed by atoms with Crippen LogP contribution in [0, 0.1) is 11.2 Å². The van der Waals surface area contributed by atoms with Crippen molar-refractivity contribution in [2.45, 2.75) is 65.8 Å². The molecule has 2 aromatic carbocycles. The van der Waals surface area contributed by atoms with E-state index >= 15 is 4.39 Å². The molecule has 2 aromatic rings. The molecule has 0 fully saturated rings. The number of aromatic hydroxyl groups is 1. The lowest BCUT2D eigenvalue weighted by Crippen LogP contribution is -2.30. The van der Waals surface area contributed by atoms with Crippen molar-refractivity contribution in [3.63, 3.8) is 0 Å². The lowest BCUT2D eigenvalue weighted by atomic mass is 9.78. The van der Waals surface area contributed by atoms with E-state index < -0.39 is 22.7 Å². The van der Waals surface area contributed by atoms with E-state index in [1.807, 2.05) is 41.5 Å². The van der Waals surface area contributed by atoms with E-state index in [-0.39, 0.29) is 59.6 Å². The second-order valence-corrected chi connectivity index (χ2v) is 11.0. The van der Waals surface area contributed by atoms with Gasteiger partial charge in [-0.2, -0.15) is 0 Å². The van der Waals surface area contributed by atoms with Gasteiger partial charge in [0, 0.05) is 34.4 Å². The molecule has 0 spiro atoms. The van der Waals surface area contributed by atoms with Crippen LogP contribution in [-0.4, -0.2) is 46.0 Å². The van der Waals surface area contributed by atoms with Gasteiger partial charge in [-0.1, -0.05) is 41.5 Å². The lowest BCUT2D eigenvalue weighted by molar-refractivity contribution is 0.0962. The summed E-state index contributed by atoms with van der Waals surface area (Å²) in [5, 5.41) is 30.7. The number of anilines is 1. The lowest BCUT2D eigenvalue weighted by Gasteiger charge is -2.28. The predicted octanol–water partition coefficient (Wildman–Crippen LogP) is 5.64.